The second-order valence-electron chi connectivity index (χ2n) is 6.60. The number of nitrogens with zero attached hydrogens (tertiary/aromatic N) is 1. The summed E-state index contributed by atoms with van der Waals surface area (Å²) in [5.41, 5.74) is -1.69. The van der Waals surface area contributed by atoms with Crippen molar-refractivity contribution in [3.8, 4) is 0 Å². The predicted molar refractivity (Wildman–Crippen MR) is 87.3 cm³/mol. The smallest absolute Gasteiger partial charge is 0.326 e. The molecule has 2 aliphatic rings. The predicted octanol–water partition coefficient (Wildman–Crippen LogP) is 1.17. The number of nitrogens with one attached hydrogen (secondary N) is 2. The highest BCUT2D eigenvalue weighted by Crippen LogP contribution is 2.42. The second-order valence-corrected chi connectivity index (χ2v) is 6.60. The number of anilines is 1. The third-order valence-electron chi connectivity index (χ3n) is 4.57. The summed E-state index contributed by atoms with van der Waals surface area (Å²) in [6.07, 6.45) is 1.63. The van der Waals surface area contributed by atoms with E-state index in [1.54, 1.807) is 6.92 Å². The van der Waals surface area contributed by atoms with Crippen molar-refractivity contribution in [3.05, 3.63) is 29.8 Å². The summed E-state index contributed by atoms with van der Waals surface area (Å²) in [4.78, 5) is 48.6. The molecule has 27 heavy (non-hydrogen) atoms. The molecule has 1 atom stereocenters. The lowest BCUT2D eigenvalue weighted by Crippen LogP contribution is -2.46. The van der Waals surface area contributed by atoms with E-state index in [4.69, 9.17) is 0 Å². The van der Waals surface area contributed by atoms with Crippen LogP contribution in [0, 0.1) is 17.6 Å². The maximum absolute atomic E-state index is 13.5. The minimum Gasteiger partial charge on any atom is -0.454 e. The summed E-state index contributed by atoms with van der Waals surface area (Å²) in [6.45, 7) is 0.122. The second kappa shape index (κ2) is 6.93. The van der Waals surface area contributed by atoms with E-state index in [1.165, 1.54) is 0 Å². The van der Waals surface area contributed by atoms with Gasteiger partial charge in [0.25, 0.3) is 11.8 Å². The Balaban J connectivity index is 1.52. The quantitative estimate of drug-likeness (QED) is 0.569. The lowest BCUT2D eigenvalue weighted by atomic mass is 9.96. The van der Waals surface area contributed by atoms with E-state index in [0.717, 1.165) is 35.9 Å². The van der Waals surface area contributed by atoms with Gasteiger partial charge in [-0.25, -0.2) is 13.6 Å². The number of carbonyl (C=O) groups excluding carboxylic acids is 4. The van der Waals surface area contributed by atoms with Crippen molar-refractivity contribution in [1.82, 2.24) is 10.2 Å². The van der Waals surface area contributed by atoms with Crippen molar-refractivity contribution in [2.45, 2.75) is 25.3 Å². The lowest BCUT2D eigenvalue weighted by Gasteiger charge is -2.20. The average molecular weight is 381 g/mol. The fourth-order valence-corrected chi connectivity index (χ4v) is 2.91. The molecule has 1 saturated carbocycles. The number of benzene rings is 1. The standard InChI is InChI=1S/C17H17F2N3O5/c1-17(9-5-6-9)15(25)22(16(26)21-17)7-13(24)27-8-12(23)20-14-10(18)3-2-4-11(14)19/h2-4,9H,5-8H2,1H3,(H,20,23)(H,21,26)/t17-/m1/s1. The number of rotatable bonds is 6. The average Bonchev–Trinajstić information content (AvgIpc) is 3.43. The molecule has 2 fully saturated rings. The minimum absolute atomic E-state index is 0.0383. The van der Waals surface area contributed by atoms with Gasteiger partial charge in [0.2, 0.25) is 0 Å². The van der Waals surface area contributed by atoms with Gasteiger partial charge in [-0.15, -0.1) is 0 Å². The molecule has 4 amide bonds. The maximum atomic E-state index is 13.5. The normalized spacial score (nSPS) is 21.8. The summed E-state index contributed by atoms with van der Waals surface area (Å²) in [5.74, 6) is -4.40. The van der Waals surface area contributed by atoms with Gasteiger partial charge in [-0.2, -0.15) is 0 Å². The Hall–Kier alpha value is -3.04. The highest BCUT2D eigenvalue weighted by Gasteiger charge is 2.56. The Labute approximate surface area is 152 Å². The minimum atomic E-state index is -1.03. The highest BCUT2D eigenvalue weighted by atomic mass is 19.1. The van der Waals surface area contributed by atoms with Gasteiger partial charge >= 0.3 is 12.0 Å². The molecule has 0 unspecified atom stereocenters. The molecular weight excluding hydrogens is 364 g/mol. The van der Waals surface area contributed by atoms with Crippen LogP contribution in [0.1, 0.15) is 19.8 Å². The Bertz CT molecular complexity index is 807. The van der Waals surface area contributed by atoms with Gasteiger partial charge in [0.15, 0.2) is 6.61 Å². The molecule has 144 valence electrons. The summed E-state index contributed by atoms with van der Waals surface area (Å²) in [5, 5.41) is 4.53. The van der Waals surface area contributed by atoms with E-state index >= 15 is 0 Å². The van der Waals surface area contributed by atoms with Gasteiger partial charge in [0.1, 0.15) is 29.4 Å². The van der Waals surface area contributed by atoms with Gasteiger partial charge in [-0.05, 0) is 37.8 Å². The molecular formula is C17H17F2N3O5. The first-order valence-corrected chi connectivity index (χ1v) is 8.26. The lowest BCUT2D eigenvalue weighted by molar-refractivity contribution is -0.150. The summed E-state index contributed by atoms with van der Waals surface area (Å²) >= 11 is 0. The SMILES string of the molecule is C[C@]1(C2CC2)NC(=O)N(CC(=O)OCC(=O)Nc2c(F)cccc2F)C1=O. The highest BCUT2D eigenvalue weighted by molar-refractivity contribution is 6.09. The van der Waals surface area contributed by atoms with Crippen LogP contribution in [0.3, 0.4) is 0 Å². The summed E-state index contributed by atoms with van der Waals surface area (Å²) in [6, 6.07) is 2.34. The molecule has 1 aromatic carbocycles. The van der Waals surface area contributed by atoms with Crippen LogP contribution in [0.5, 0.6) is 0 Å². The number of hydrogen-bond donors (Lipinski definition) is 2. The molecule has 0 spiro atoms. The number of urea groups is 1. The first-order valence-electron chi connectivity index (χ1n) is 8.26. The van der Waals surface area contributed by atoms with Crippen LogP contribution in [0.2, 0.25) is 0 Å². The van der Waals surface area contributed by atoms with Crippen LogP contribution in [0.25, 0.3) is 0 Å². The molecule has 2 N–H and O–H groups in total. The van der Waals surface area contributed by atoms with Crippen LogP contribution < -0.4 is 10.6 Å². The van der Waals surface area contributed by atoms with E-state index in [1.807, 2.05) is 5.32 Å². The molecule has 1 heterocycles. The Kier molecular flexibility index (Phi) is 4.81. The first kappa shape index (κ1) is 18.7. The molecule has 0 radical (unpaired) electrons. The number of halogens is 2. The van der Waals surface area contributed by atoms with Crippen LogP contribution >= 0.6 is 0 Å². The van der Waals surface area contributed by atoms with E-state index in [9.17, 15) is 28.0 Å². The molecule has 1 aliphatic heterocycles. The molecule has 1 aliphatic carbocycles. The van der Waals surface area contributed by atoms with Crippen molar-refractivity contribution in [2.75, 3.05) is 18.5 Å². The fourth-order valence-electron chi connectivity index (χ4n) is 2.91. The Morgan fingerprint density at radius 1 is 1.30 bits per heavy atom. The van der Waals surface area contributed by atoms with E-state index in [-0.39, 0.29) is 5.92 Å². The number of hydrogen-bond acceptors (Lipinski definition) is 5. The van der Waals surface area contributed by atoms with Crippen molar-refractivity contribution < 1.29 is 32.7 Å². The molecule has 8 nitrogen and oxygen atoms in total. The number of para-hydroxylation sites is 1. The van der Waals surface area contributed by atoms with Crippen molar-refractivity contribution in [3.63, 3.8) is 0 Å². The van der Waals surface area contributed by atoms with Gasteiger partial charge in [0.05, 0.1) is 0 Å². The van der Waals surface area contributed by atoms with Crippen LogP contribution in [0.4, 0.5) is 19.3 Å². The number of imide groups is 1. The molecule has 0 bridgehead atoms. The molecule has 1 saturated heterocycles. The zero-order chi connectivity index (χ0) is 19.8. The van der Waals surface area contributed by atoms with Gasteiger partial charge in [0, 0.05) is 0 Å². The summed E-state index contributed by atoms with van der Waals surface area (Å²) < 4.78 is 31.6. The third-order valence-corrected chi connectivity index (χ3v) is 4.57. The zero-order valence-electron chi connectivity index (χ0n) is 14.4. The number of esters is 1. The van der Waals surface area contributed by atoms with Gasteiger partial charge in [-0.1, -0.05) is 6.07 Å². The first-order chi connectivity index (χ1) is 12.7. The maximum Gasteiger partial charge on any atom is 0.326 e. The van der Waals surface area contributed by atoms with Crippen molar-refractivity contribution >= 4 is 29.5 Å². The molecule has 0 aromatic heterocycles. The monoisotopic (exact) mass is 381 g/mol. The number of carbonyl (C=O) groups is 4. The van der Waals surface area contributed by atoms with Gasteiger partial charge < -0.3 is 15.4 Å². The largest absolute Gasteiger partial charge is 0.454 e. The fraction of sp³-hybridized carbons (Fsp3) is 0.412. The number of ether oxygens (including phenoxy) is 1. The van der Waals surface area contributed by atoms with E-state index < -0.39 is 59.8 Å². The molecule has 10 heteroatoms. The molecule has 3 rings (SSSR count). The van der Waals surface area contributed by atoms with Crippen molar-refractivity contribution in [2.24, 2.45) is 5.92 Å². The molecule has 1 aromatic rings. The Morgan fingerprint density at radius 3 is 2.52 bits per heavy atom. The van der Waals surface area contributed by atoms with Crippen molar-refractivity contribution in [1.29, 1.82) is 0 Å². The van der Waals surface area contributed by atoms with Gasteiger partial charge in [-0.3, -0.25) is 19.3 Å². The zero-order valence-corrected chi connectivity index (χ0v) is 14.4. The summed E-state index contributed by atoms with van der Waals surface area (Å²) in [7, 11) is 0. The van der Waals surface area contributed by atoms with Crippen LogP contribution in [-0.4, -0.2) is 47.4 Å². The number of amides is 4. The Morgan fingerprint density at radius 2 is 1.93 bits per heavy atom. The topological polar surface area (TPSA) is 105 Å². The van der Waals surface area contributed by atoms with E-state index in [2.05, 4.69) is 10.1 Å². The third kappa shape index (κ3) is 3.74. The van der Waals surface area contributed by atoms with Crippen LogP contribution in [-0.2, 0) is 19.1 Å². The van der Waals surface area contributed by atoms with Crippen LogP contribution in [0.15, 0.2) is 18.2 Å². The van der Waals surface area contributed by atoms with E-state index in [0.29, 0.717) is 0 Å².